The molecule has 0 bridgehead atoms. The molecule has 0 radical (unpaired) electrons. The van der Waals surface area contributed by atoms with Crippen molar-refractivity contribution in [2.45, 2.75) is 59.3 Å². The third-order valence-electron chi connectivity index (χ3n) is 3.66. The second kappa shape index (κ2) is 8.21. The number of benzene rings is 1. The van der Waals surface area contributed by atoms with Crippen LogP contribution < -0.4 is 16.1 Å². The second-order valence-corrected chi connectivity index (χ2v) is 8.58. The number of methoxy groups -OCH3 is 1. The van der Waals surface area contributed by atoms with Gasteiger partial charge in [-0.15, -0.1) is 9.36 Å². The monoisotopic (exact) mass is 421 g/mol. The van der Waals surface area contributed by atoms with E-state index in [0.717, 1.165) is 4.57 Å². The predicted molar refractivity (Wildman–Crippen MR) is 108 cm³/mol. The van der Waals surface area contributed by atoms with E-state index in [2.05, 4.69) is 0 Å². The number of ether oxygens (including phenoxy) is 3. The molecule has 1 heterocycles. The van der Waals surface area contributed by atoms with E-state index in [4.69, 9.17) is 14.2 Å². The molecule has 0 atom stereocenters. The molecule has 10 heteroatoms. The van der Waals surface area contributed by atoms with Crippen molar-refractivity contribution in [3.05, 3.63) is 50.8 Å². The number of aromatic nitrogens is 3. The number of rotatable bonds is 3. The van der Waals surface area contributed by atoms with E-state index in [1.807, 2.05) is 0 Å². The van der Waals surface area contributed by atoms with Crippen LogP contribution in [0.25, 0.3) is 0 Å². The van der Waals surface area contributed by atoms with Crippen molar-refractivity contribution in [3.63, 3.8) is 0 Å². The van der Waals surface area contributed by atoms with E-state index in [-0.39, 0.29) is 6.54 Å². The van der Waals surface area contributed by atoms with Gasteiger partial charge < -0.3 is 14.2 Å². The molecule has 0 saturated heterocycles. The summed E-state index contributed by atoms with van der Waals surface area (Å²) in [6.07, 6.45) is -2.33. The largest absolute Gasteiger partial charge is 0.497 e. The highest BCUT2D eigenvalue weighted by Gasteiger charge is 2.31. The van der Waals surface area contributed by atoms with Gasteiger partial charge in [0.2, 0.25) is 0 Å². The zero-order valence-corrected chi connectivity index (χ0v) is 18.2. The average Bonchev–Trinajstić information content (AvgIpc) is 2.84. The van der Waals surface area contributed by atoms with Crippen molar-refractivity contribution in [1.29, 1.82) is 0 Å². The van der Waals surface area contributed by atoms with Gasteiger partial charge in [0.15, 0.2) is 0 Å². The van der Waals surface area contributed by atoms with Crippen LogP contribution in [0.15, 0.2) is 33.9 Å². The summed E-state index contributed by atoms with van der Waals surface area (Å²) in [5.41, 5.74) is -3.35. The first-order valence-corrected chi connectivity index (χ1v) is 9.28. The van der Waals surface area contributed by atoms with Gasteiger partial charge in [0.05, 0.1) is 13.7 Å². The van der Waals surface area contributed by atoms with E-state index in [9.17, 15) is 19.2 Å². The number of hydrogen-bond acceptors (Lipinski definition) is 7. The van der Waals surface area contributed by atoms with E-state index in [1.165, 1.54) is 7.11 Å². The Kier molecular flexibility index (Phi) is 6.29. The van der Waals surface area contributed by atoms with Crippen LogP contribution in [0.4, 0.5) is 9.59 Å². The molecule has 0 fully saturated rings. The van der Waals surface area contributed by atoms with Crippen LogP contribution in [0.5, 0.6) is 5.75 Å². The summed E-state index contributed by atoms with van der Waals surface area (Å²) in [6.45, 7) is 9.42. The second-order valence-electron chi connectivity index (χ2n) is 8.58. The minimum absolute atomic E-state index is 0.166. The topological polar surface area (TPSA) is 111 Å². The summed E-state index contributed by atoms with van der Waals surface area (Å²) in [6, 6.07) is 6.65. The van der Waals surface area contributed by atoms with Crippen molar-refractivity contribution in [1.82, 2.24) is 13.9 Å². The molecule has 0 aliphatic rings. The van der Waals surface area contributed by atoms with E-state index in [0.29, 0.717) is 20.7 Å². The molecular weight excluding hydrogens is 394 g/mol. The normalized spacial score (nSPS) is 11.8. The molecule has 0 amide bonds. The van der Waals surface area contributed by atoms with Crippen LogP contribution in [0, 0.1) is 0 Å². The first kappa shape index (κ1) is 23.0. The fourth-order valence-electron chi connectivity index (χ4n) is 2.46. The lowest BCUT2D eigenvalue weighted by molar-refractivity contribution is 0.0357. The fraction of sp³-hybridized carbons (Fsp3) is 0.500. The van der Waals surface area contributed by atoms with Gasteiger partial charge in [-0.05, 0) is 59.2 Å². The smallest absolute Gasteiger partial charge is 0.438 e. The van der Waals surface area contributed by atoms with E-state index >= 15 is 0 Å². The van der Waals surface area contributed by atoms with Gasteiger partial charge in [0.25, 0.3) is 0 Å². The highest BCUT2D eigenvalue weighted by atomic mass is 16.6. The van der Waals surface area contributed by atoms with Crippen molar-refractivity contribution >= 4 is 12.2 Å². The molecule has 0 unspecified atom stereocenters. The number of hydrogen-bond donors (Lipinski definition) is 0. The third kappa shape index (κ3) is 5.40. The van der Waals surface area contributed by atoms with Crippen molar-refractivity contribution in [3.8, 4) is 5.75 Å². The maximum Gasteiger partial charge on any atom is 0.438 e. The number of nitrogens with zero attached hydrogens (tertiary/aromatic N) is 3. The Morgan fingerprint density at radius 3 is 1.53 bits per heavy atom. The van der Waals surface area contributed by atoms with Crippen LogP contribution >= 0.6 is 0 Å². The molecule has 0 spiro atoms. The summed E-state index contributed by atoms with van der Waals surface area (Å²) < 4.78 is 17.0. The summed E-state index contributed by atoms with van der Waals surface area (Å²) in [7, 11) is 1.51. The molecule has 10 nitrogen and oxygen atoms in total. The maximum atomic E-state index is 12.9. The molecule has 2 rings (SSSR count). The Bertz CT molecular complexity index is 985. The van der Waals surface area contributed by atoms with Crippen LogP contribution in [-0.2, 0) is 16.0 Å². The molecule has 0 aliphatic carbocycles. The lowest BCUT2D eigenvalue weighted by atomic mass is 10.2. The molecule has 0 N–H and O–H groups in total. The molecule has 0 aliphatic heterocycles. The first-order valence-electron chi connectivity index (χ1n) is 9.28. The zero-order valence-electron chi connectivity index (χ0n) is 18.2. The summed E-state index contributed by atoms with van der Waals surface area (Å²) in [4.78, 5) is 51.0. The van der Waals surface area contributed by atoms with Gasteiger partial charge in [-0.2, -0.15) is 0 Å². The lowest BCUT2D eigenvalue weighted by Crippen LogP contribution is -2.42. The maximum absolute atomic E-state index is 12.9. The van der Waals surface area contributed by atoms with Crippen LogP contribution in [0.3, 0.4) is 0 Å². The Morgan fingerprint density at radius 1 is 0.800 bits per heavy atom. The summed E-state index contributed by atoms with van der Waals surface area (Å²) in [5.74, 6) is 0.601. The predicted octanol–water partition coefficient (Wildman–Crippen LogP) is 2.43. The van der Waals surface area contributed by atoms with Gasteiger partial charge in [0.1, 0.15) is 17.0 Å². The zero-order chi connectivity index (χ0) is 22.9. The molecule has 30 heavy (non-hydrogen) atoms. The molecule has 1 aromatic carbocycles. The van der Waals surface area contributed by atoms with Gasteiger partial charge in [0, 0.05) is 0 Å². The third-order valence-corrected chi connectivity index (χ3v) is 3.66. The quantitative estimate of drug-likeness (QED) is 0.748. The average molecular weight is 421 g/mol. The van der Waals surface area contributed by atoms with E-state index < -0.39 is 34.8 Å². The molecule has 164 valence electrons. The van der Waals surface area contributed by atoms with Crippen molar-refractivity contribution < 1.29 is 23.8 Å². The van der Waals surface area contributed by atoms with Gasteiger partial charge in [-0.3, -0.25) is 0 Å². The van der Waals surface area contributed by atoms with Crippen LogP contribution in [0.1, 0.15) is 47.1 Å². The minimum atomic E-state index is -1.16. The Labute approximate surface area is 173 Å². The molecular formula is C20H27N3O7. The highest BCUT2D eigenvalue weighted by molar-refractivity contribution is 5.76. The minimum Gasteiger partial charge on any atom is -0.497 e. The standard InChI is InChI=1S/C20H27N3O7/c1-19(2,3)29-17(26)22-15(24)21(12-13-8-10-14(28-7)11-9-13)16(25)23(22)18(27)30-20(4,5)6/h8-11H,12H2,1-7H3. The van der Waals surface area contributed by atoms with Crippen LogP contribution in [-0.4, -0.2) is 44.4 Å². The molecule has 2 aromatic rings. The van der Waals surface area contributed by atoms with Crippen molar-refractivity contribution in [2.75, 3.05) is 7.11 Å². The van der Waals surface area contributed by atoms with Gasteiger partial charge >= 0.3 is 23.6 Å². The molecule has 0 saturated carbocycles. The highest BCUT2D eigenvalue weighted by Crippen LogP contribution is 2.13. The van der Waals surface area contributed by atoms with Gasteiger partial charge in [-0.1, -0.05) is 12.1 Å². The molecule has 1 aromatic heterocycles. The number of carbonyl (C=O) groups is 2. The summed E-state index contributed by atoms with van der Waals surface area (Å²) in [5, 5.41) is 0. The SMILES string of the molecule is COc1ccc(Cn2c(=O)n(C(=O)OC(C)(C)C)n(C(=O)OC(C)(C)C)c2=O)cc1. The van der Waals surface area contributed by atoms with Gasteiger partial charge in [-0.25, -0.2) is 23.7 Å². The fourth-order valence-corrected chi connectivity index (χ4v) is 2.46. The summed E-state index contributed by atoms with van der Waals surface area (Å²) >= 11 is 0. The Morgan fingerprint density at radius 2 is 1.20 bits per heavy atom. The lowest BCUT2D eigenvalue weighted by Gasteiger charge is -2.21. The van der Waals surface area contributed by atoms with Crippen LogP contribution in [0.2, 0.25) is 0 Å². The Hall–Kier alpha value is -3.30. The van der Waals surface area contributed by atoms with E-state index in [1.54, 1.807) is 65.8 Å². The number of carbonyl (C=O) groups excluding carboxylic acids is 2. The first-order chi connectivity index (χ1) is 13.7. The van der Waals surface area contributed by atoms with Crippen molar-refractivity contribution in [2.24, 2.45) is 0 Å². The Balaban J connectivity index is 2.59.